The summed E-state index contributed by atoms with van der Waals surface area (Å²) in [4.78, 5) is 50.6. The van der Waals surface area contributed by atoms with E-state index in [-0.39, 0.29) is 43.9 Å². The summed E-state index contributed by atoms with van der Waals surface area (Å²) in [6.45, 7) is 2.18. The Bertz CT molecular complexity index is 789. The minimum atomic E-state index is -0.766. The molecule has 0 radical (unpaired) electrons. The van der Waals surface area contributed by atoms with Gasteiger partial charge in [0.15, 0.2) is 0 Å². The standard InChI is InChI=1S/C22H29N3O5/c1-2-30-19(27)17(14-16-8-4-3-5-9-16)15-23-18(26)10-13-25-20(28)22(24-21(25)29)11-6-7-12-22/h3-5,8-9,17H,2,6-7,10-15H2,1H3,(H,23,26)(H,24,29). The molecule has 30 heavy (non-hydrogen) atoms. The Labute approximate surface area is 176 Å². The van der Waals surface area contributed by atoms with Crippen molar-refractivity contribution in [3.63, 3.8) is 0 Å². The Hall–Kier alpha value is -2.90. The third-order valence-electron chi connectivity index (χ3n) is 5.76. The van der Waals surface area contributed by atoms with Gasteiger partial charge in [-0.2, -0.15) is 0 Å². The Kier molecular flexibility index (Phi) is 7.07. The maximum Gasteiger partial charge on any atom is 0.325 e. The first-order valence-electron chi connectivity index (χ1n) is 10.6. The number of ether oxygens (including phenoxy) is 1. The number of carbonyl (C=O) groups is 4. The molecule has 1 heterocycles. The third kappa shape index (κ3) is 4.98. The predicted octanol–water partition coefficient (Wildman–Crippen LogP) is 1.78. The van der Waals surface area contributed by atoms with Crippen LogP contribution in [0.25, 0.3) is 0 Å². The number of nitrogens with one attached hydrogen (secondary N) is 2. The fraction of sp³-hybridized carbons (Fsp3) is 0.545. The number of urea groups is 1. The first kappa shape index (κ1) is 21.8. The van der Waals surface area contributed by atoms with Crippen molar-refractivity contribution in [2.45, 2.75) is 51.0 Å². The maximum atomic E-state index is 12.6. The minimum absolute atomic E-state index is 0.00385. The van der Waals surface area contributed by atoms with Crippen molar-refractivity contribution in [3.8, 4) is 0 Å². The van der Waals surface area contributed by atoms with Crippen molar-refractivity contribution < 1.29 is 23.9 Å². The number of esters is 1. The predicted molar refractivity (Wildman–Crippen MR) is 109 cm³/mol. The van der Waals surface area contributed by atoms with Crippen LogP contribution in [0.5, 0.6) is 0 Å². The van der Waals surface area contributed by atoms with Crippen molar-refractivity contribution in [1.29, 1.82) is 0 Å². The summed E-state index contributed by atoms with van der Waals surface area (Å²) in [5, 5.41) is 5.55. The average Bonchev–Trinajstić information content (AvgIpc) is 3.29. The van der Waals surface area contributed by atoms with Crippen LogP contribution in [0, 0.1) is 5.92 Å². The van der Waals surface area contributed by atoms with Gasteiger partial charge in [0.2, 0.25) is 5.91 Å². The highest BCUT2D eigenvalue weighted by Gasteiger charge is 2.52. The Balaban J connectivity index is 1.51. The second kappa shape index (κ2) is 9.73. The molecule has 0 bridgehead atoms. The number of imide groups is 1. The normalized spacial score (nSPS) is 18.4. The molecule has 2 fully saturated rings. The van der Waals surface area contributed by atoms with E-state index in [1.54, 1.807) is 6.92 Å². The van der Waals surface area contributed by atoms with E-state index in [4.69, 9.17) is 4.74 Å². The molecule has 162 valence electrons. The van der Waals surface area contributed by atoms with E-state index < -0.39 is 17.5 Å². The van der Waals surface area contributed by atoms with E-state index in [0.717, 1.165) is 23.3 Å². The van der Waals surface area contributed by atoms with Gasteiger partial charge in [-0.05, 0) is 31.7 Å². The van der Waals surface area contributed by atoms with Crippen molar-refractivity contribution >= 4 is 23.8 Å². The highest BCUT2D eigenvalue weighted by atomic mass is 16.5. The molecule has 1 aliphatic heterocycles. The maximum absolute atomic E-state index is 12.6. The lowest BCUT2D eigenvalue weighted by molar-refractivity contribution is -0.147. The van der Waals surface area contributed by atoms with Gasteiger partial charge in [-0.25, -0.2) is 4.79 Å². The van der Waals surface area contributed by atoms with E-state index in [1.807, 2.05) is 30.3 Å². The zero-order valence-corrected chi connectivity index (χ0v) is 17.3. The summed E-state index contributed by atoms with van der Waals surface area (Å²) >= 11 is 0. The highest BCUT2D eigenvalue weighted by Crippen LogP contribution is 2.35. The van der Waals surface area contributed by atoms with Gasteiger partial charge in [0.25, 0.3) is 5.91 Å². The second-order valence-electron chi connectivity index (χ2n) is 7.87. The molecule has 1 unspecified atom stereocenters. The van der Waals surface area contributed by atoms with Crippen molar-refractivity contribution in [1.82, 2.24) is 15.5 Å². The van der Waals surface area contributed by atoms with Crippen LogP contribution in [0.4, 0.5) is 4.79 Å². The summed E-state index contributed by atoms with van der Waals surface area (Å²) in [6, 6.07) is 9.10. The van der Waals surface area contributed by atoms with Crippen molar-refractivity contribution in [3.05, 3.63) is 35.9 Å². The highest BCUT2D eigenvalue weighted by molar-refractivity contribution is 6.07. The zero-order chi connectivity index (χ0) is 21.6. The molecule has 3 rings (SSSR count). The van der Waals surface area contributed by atoms with Crippen LogP contribution in [0.3, 0.4) is 0 Å². The number of nitrogens with zero attached hydrogens (tertiary/aromatic N) is 1. The lowest BCUT2D eigenvalue weighted by atomic mass is 9.98. The van der Waals surface area contributed by atoms with E-state index >= 15 is 0 Å². The van der Waals surface area contributed by atoms with Crippen LogP contribution in [0.2, 0.25) is 0 Å². The van der Waals surface area contributed by atoms with Gasteiger partial charge in [-0.1, -0.05) is 43.2 Å². The molecule has 1 aliphatic carbocycles. The number of hydrogen-bond acceptors (Lipinski definition) is 5. The molecule has 2 N–H and O–H groups in total. The molecular formula is C22H29N3O5. The first-order chi connectivity index (χ1) is 14.4. The van der Waals surface area contributed by atoms with Crippen molar-refractivity contribution in [2.24, 2.45) is 5.92 Å². The van der Waals surface area contributed by atoms with Crippen LogP contribution in [-0.2, 0) is 25.5 Å². The SMILES string of the molecule is CCOC(=O)C(CNC(=O)CCN1C(=O)NC2(CCCC2)C1=O)Cc1ccccc1. The lowest BCUT2D eigenvalue weighted by Gasteiger charge is -2.20. The van der Waals surface area contributed by atoms with Crippen LogP contribution < -0.4 is 10.6 Å². The van der Waals surface area contributed by atoms with Crippen LogP contribution >= 0.6 is 0 Å². The summed E-state index contributed by atoms with van der Waals surface area (Å²) < 4.78 is 5.14. The molecule has 2 aliphatic rings. The van der Waals surface area contributed by atoms with E-state index in [9.17, 15) is 19.2 Å². The summed E-state index contributed by atoms with van der Waals surface area (Å²) in [6.07, 6.45) is 3.58. The van der Waals surface area contributed by atoms with E-state index in [0.29, 0.717) is 19.3 Å². The molecule has 1 atom stereocenters. The quantitative estimate of drug-likeness (QED) is 0.473. The molecule has 1 aromatic rings. The Morgan fingerprint density at radius 1 is 1.20 bits per heavy atom. The molecule has 4 amide bonds. The fourth-order valence-electron chi connectivity index (χ4n) is 4.13. The molecule has 1 aromatic carbocycles. The number of benzene rings is 1. The molecule has 1 saturated carbocycles. The van der Waals surface area contributed by atoms with Crippen LogP contribution in [0.15, 0.2) is 30.3 Å². The average molecular weight is 415 g/mol. The molecule has 1 spiro atoms. The third-order valence-corrected chi connectivity index (χ3v) is 5.76. The van der Waals surface area contributed by atoms with E-state index in [1.165, 1.54) is 0 Å². The van der Waals surface area contributed by atoms with E-state index in [2.05, 4.69) is 10.6 Å². The fourth-order valence-corrected chi connectivity index (χ4v) is 4.13. The molecule has 1 saturated heterocycles. The van der Waals surface area contributed by atoms with Crippen LogP contribution in [-0.4, -0.2) is 54.0 Å². The van der Waals surface area contributed by atoms with Gasteiger partial charge in [-0.15, -0.1) is 0 Å². The van der Waals surface area contributed by atoms with Gasteiger partial charge in [0, 0.05) is 19.5 Å². The summed E-state index contributed by atoms with van der Waals surface area (Å²) in [5.41, 5.74) is 0.212. The van der Waals surface area contributed by atoms with Gasteiger partial charge in [0.05, 0.1) is 12.5 Å². The number of amides is 4. The topological polar surface area (TPSA) is 105 Å². The van der Waals surface area contributed by atoms with Gasteiger partial charge < -0.3 is 15.4 Å². The molecule has 0 aromatic heterocycles. The monoisotopic (exact) mass is 415 g/mol. The van der Waals surface area contributed by atoms with Crippen LogP contribution in [0.1, 0.15) is 44.6 Å². The molecular weight excluding hydrogens is 386 g/mol. The smallest absolute Gasteiger partial charge is 0.325 e. The summed E-state index contributed by atoms with van der Waals surface area (Å²) in [5.74, 6) is -1.41. The first-order valence-corrected chi connectivity index (χ1v) is 10.6. The number of carbonyl (C=O) groups excluding carboxylic acids is 4. The Morgan fingerprint density at radius 2 is 1.90 bits per heavy atom. The molecule has 8 heteroatoms. The zero-order valence-electron chi connectivity index (χ0n) is 17.3. The van der Waals surface area contributed by atoms with Gasteiger partial charge in [-0.3, -0.25) is 19.3 Å². The largest absolute Gasteiger partial charge is 0.466 e. The second-order valence-corrected chi connectivity index (χ2v) is 7.87. The van der Waals surface area contributed by atoms with Gasteiger partial charge >= 0.3 is 12.0 Å². The molecule has 8 nitrogen and oxygen atoms in total. The number of rotatable bonds is 9. The van der Waals surface area contributed by atoms with Crippen molar-refractivity contribution in [2.75, 3.05) is 19.7 Å². The Morgan fingerprint density at radius 3 is 2.57 bits per heavy atom. The lowest BCUT2D eigenvalue weighted by Crippen LogP contribution is -2.44. The minimum Gasteiger partial charge on any atom is -0.466 e. The number of hydrogen-bond donors (Lipinski definition) is 2. The summed E-state index contributed by atoms with van der Waals surface area (Å²) in [7, 11) is 0. The van der Waals surface area contributed by atoms with Gasteiger partial charge in [0.1, 0.15) is 5.54 Å².